The molecule has 0 saturated carbocycles. The molecule has 0 radical (unpaired) electrons. The van der Waals surface area contributed by atoms with Crippen LogP contribution in [0, 0.1) is 0 Å². The van der Waals surface area contributed by atoms with E-state index in [0.29, 0.717) is 0 Å². The molecule has 4 heterocycles. The summed E-state index contributed by atoms with van der Waals surface area (Å²) in [4.78, 5) is 43.9. The van der Waals surface area contributed by atoms with Gasteiger partial charge in [-0.05, 0) is 79.9 Å². The van der Waals surface area contributed by atoms with Crippen molar-refractivity contribution >= 4 is 17.9 Å². The van der Waals surface area contributed by atoms with E-state index >= 15 is 4.79 Å². The summed E-state index contributed by atoms with van der Waals surface area (Å²) in [6, 6.07) is 113. The van der Waals surface area contributed by atoms with Crippen molar-refractivity contribution in [2.24, 2.45) is 0 Å². The van der Waals surface area contributed by atoms with Crippen molar-refractivity contribution in [2.45, 2.75) is 196 Å². The molecule has 4 aliphatic heterocycles. The number of carbonyl (C=O) groups excluding carboxylic acids is 3. The van der Waals surface area contributed by atoms with E-state index in [4.69, 9.17) is 94.7 Å². The summed E-state index contributed by atoms with van der Waals surface area (Å²) in [5.74, 6) is -2.22. The standard InChI is InChI=1S/C110H112O24/c1-76(111)127-104-100(124-71-86-56-32-11-33-57-86)94(118-65-80-44-20-5-21-45-80)90(73-116-63-78-40-16-3-17-41-78)131-110(104)134-103-99(123-70-85-54-30-10-31-55-85)93(117-64-79-42-18-4-19-43-79)89(72-115-62-77-38-14-2-15-39-77)129-109(103)126-75-92-96(120-67-82-48-24-7-25-49-82)98(122-69-84-52-28-9-29-53-84)102(133-106(113)88-60-36-13-37-61-88)108(130-92)125-74-91-95(119-66-81-46-22-6-23-47-81)97(121-68-83-50-26-8-27-51-83)101(107(114)128-91)132-105(112)87-58-34-12-35-59-87/h2-61,89-104,107-110,114H,62-75H2,1H3/t89-,90-,91-,92-,93-,94-,95-,96-,97+,98+,99+,100+,101+,102+,103+,104+,107+,108+,109+,110-/m1/s1. The Hall–Kier alpha value is -11.7. The molecule has 12 aromatic rings. The van der Waals surface area contributed by atoms with Gasteiger partial charge in [-0.3, -0.25) is 4.79 Å². The fraction of sp³-hybridized carbons (Fsp3) is 0.318. The number of hydrogen-bond acceptors (Lipinski definition) is 24. The molecule has 0 aromatic heterocycles. The number of esters is 3. The number of aliphatic hydroxyl groups excluding tert-OH is 1. The van der Waals surface area contributed by atoms with E-state index in [1.165, 1.54) is 6.92 Å². The quantitative estimate of drug-likeness (QED) is 0.0275. The molecule has 696 valence electrons. The molecule has 0 bridgehead atoms. The number of rotatable bonds is 45. The first-order valence-corrected chi connectivity index (χ1v) is 45.4. The van der Waals surface area contributed by atoms with Crippen LogP contribution < -0.4 is 0 Å². The highest BCUT2D eigenvalue weighted by Crippen LogP contribution is 2.41. The fourth-order valence-electron chi connectivity index (χ4n) is 16.7. The number of ether oxygens (including phenoxy) is 20. The van der Waals surface area contributed by atoms with Gasteiger partial charge in [0.05, 0.1) is 104 Å². The lowest BCUT2D eigenvalue weighted by Gasteiger charge is -2.50. The minimum Gasteiger partial charge on any atom is -0.454 e. The smallest absolute Gasteiger partial charge is 0.338 e. The Balaban J connectivity index is 0.822. The molecule has 16 rings (SSSR count). The molecular formula is C110H112O24. The van der Waals surface area contributed by atoms with Gasteiger partial charge in [0.1, 0.15) is 79.4 Å². The Morgan fingerprint density at radius 2 is 0.440 bits per heavy atom. The minimum atomic E-state index is -1.86. The van der Waals surface area contributed by atoms with Gasteiger partial charge in [-0.25, -0.2) is 9.59 Å². The Bertz CT molecular complexity index is 5390. The molecule has 4 saturated heterocycles. The highest BCUT2D eigenvalue weighted by molar-refractivity contribution is 5.90. The van der Waals surface area contributed by atoms with Gasteiger partial charge in [0.25, 0.3) is 0 Å². The maximum Gasteiger partial charge on any atom is 0.338 e. The SMILES string of the molecule is CC(=O)O[C@@H]1[C@@H](O[C@@H]2[C@@H](OC[C@H]3O[C@H](OC[C@H]4O[C@H](O)[C@@H](OC(=O)c5ccccc5)[C@@H](OCc5ccccc5)[C@@H]4OCc4ccccc4)[C@@H](OC(=O)c4ccccc4)[C@@H](OCc4ccccc4)[C@@H]3OCc3ccccc3)O[C@H](COCc3ccccc3)[C@@H](OCc3ccccc3)[C@@H]2OCc2ccccc2)O[C@H](COCc2ccccc2)[C@@H](OCc2ccccc2)[C@@H]1OCc1ccccc1. The third-order valence-corrected chi connectivity index (χ3v) is 23.4. The van der Waals surface area contributed by atoms with Crippen LogP contribution >= 0.6 is 0 Å². The fourth-order valence-corrected chi connectivity index (χ4v) is 16.7. The van der Waals surface area contributed by atoms with Crippen LogP contribution in [-0.4, -0.2) is 172 Å². The molecule has 24 nitrogen and oxygen atoms in total. The Morgan fingerprint density at radius 3 is 0.731 bits per heavy atom. The summed E-state index contributed by atoms with van der Waals surface area (Å²) in [7, 11) is 0. The van der Waals surface area contributed by atoms with E-state index in [1.807, 2.05) is 303 Å². The van der Waals surface area contributed by atoms with Crippen molar-refractivity contribution in [1.82, 2.24) is 0 Å². The normalized spacial score (nSPS) is 25.1. The topological polar surface area (TPSA) is 256 Å². The molecule has 134 heavy (non-hydrogen) atoms. The second-order valence-electron chi connectivity index (χ2n) is 33.1. The number of benzene rings is 12. The number of aliphatic hydroxyl groups is 1. The lowest BCUT2D eigenvalue weighted by atomic mass is 9.95. The molecule has 4 aliphatic rings. The largest absolute Gasteiger partial charge is 0.454 e. The van der Waals surface area contributed by atoms with Crippen LogP contribution in [0.15, 0.2) is 364 Å². The van der Waals surface area contributed by atoms with Gasteiger partial charge < -0.3 is 99.8 Å². The summed E-state index contributed by atoms with van der Waals surface area (Å²) < 4.78 is 142. The third-order valence-electron chi connectivity index (χ3n) is 23.4. The highest BCUT2D eigenvalue weighted by Gasteiger charge is 2.58. The molecule has 0 spiro atoms. The van der Waals surface area contributed by atoms with Crippen molar-refractivity contribution in [3.8, 4) is 0 Å². The van der Waals surface area contributed by atoms with Crippen molar-refractivity contribution in [2.75, 3.05) is 26.4 Å². The Kier molecular flexibility index (Phi) is 35.7. The van der Waals surface area contributed by atoms with E-state index in [0.717, 1.165) is 55.6 Å². The average molecular weight is 1820 g/mol. The highest BCUT2D eigenvalue weighted by atomic mass is 16.8. The van der Waals surface area contributed by atoms with Crippen molar-refractivity contribution in [1.29, 1.82) is 0 Å². The average Bonchev–Trinajstić information content (AvgIpc) is 0.763. The van der Waals surface area contributed by atoms with Gasteiger partial charge in [-0.1, -0.05) is 340 Å². The third kappa shape index (κ3) is 27.3. The second-order valence-corrected chi connectivity index (χ2v) is 33.1. The second kappa shape index (κ2) is 50.1. The molecule has 0 unspecified atom stereocenters. The minimum absolute atomic E-state index is 0.0160. The van der Waals surface area contributed by atoms with Gasteiger partial charge in [-0.15, -0.1) is 0 Å². The van der Waals surface area contributed by atoms with Crippen LogP contribution in [0.25, 0.3) is 0 Å². The van der Waals surface area contributed by atoms with Crippen LogP contribution in [0.1, 0.15) is 83.3 Å². The molecule has 1 N–H and O–H groups in total. The van der Waals surface area contributed by atoms with Crippen LogP contribution in [0.4, 0.5) is 0 Å². The van der Waals surface area contributed by atoms with E-state index in [1.54, 1.807) is 60.7 Å². The van der Waals surface area contributed by atoms with Crippen molar-refractivity contribution in [3.05, 3.63) is 431 Å². The molecular weight excluding hydrogens is 1710 g/mol. The predicted octanol–water partition coefficient (Wildman–Crippen LogP) is 16.8. The summed E-state index contributed by atoms with van der Waals surface area (Å²) in [6.45, 7) is 0.461. The van der Waals surface area contributed by atoms with Gasteiger partial charge >= 0.3 is 17.9 Å². The van der Waals surface area contributed by atoms with Crippen LogP contribution in [0.3, 0.4) is 0 Å². The maximum absolute atomic E-state index is 15.3. The van der Waals surface area contributed by atoms with Gasteiger partial charge in [0.15, 0.2) is 43.5 Å². The summed E-state index contributed by atoms with van der Waals surface area (Å²) in [5.41, 5.74) is 8.50. The first kappa shape index (κ1) is 95.5. The Labute approximate surface area is 780 Å². The molecule has 0 amide bonds. The molecule has 24 heteroatoms. The maximum atomic E-state index is 15.3. The predicted molar refractivity (Wildman–Crippen MR) is 493 cm³/mol. The zero-order valence-corrected chi connectivity index (χ0v) is 74.4. The van der Waals surface area contributed by atoms with Crippen LogP contribution in [-0.2, 0) is 166 Å². The molecule has 20 atom stereocenters. The van der Waals surface area contributed by atoms with E-state index in [2.05, 4.69) is 0 Å². The number of hydrogen-bond donors (Lipinski definition) is 1. The van der Waals surface area contributed by atoms with Gasteiger partial charge in [-0.2, -0.15) is 0 Å². The lowest BCUT2D eigenvalue weighted by Crippen LogP contribution is -2.67. The zero-order valence-electron chi connectivity index (χ0n) is 74.4. The van der Waals surface area contributed by atoms with Gasteiger partial charge in [0, 0.05) is 6.92 Å². The van der Waals surface area contributed by atoms with Crippen LogP contribution in [0.5, 0.6) is 0 Å². The molecule has 12 aromatic carbocycles. The first-order valence-electron chi connectivity index (χ1n) is 45.4. The lowest BCUT2D eigenvalue weighted by molar-refractivity contribution is -0.385. The van der Waals surface area contributed by atoms with Crippen molar-refractivity contribution < 1.29 is 114 Å². The number of carbonyl (C=O) groups is 3. The summed E-state index contributed by atoms with van der Waals surface area (Å²) >= 11 is 0. The summed E-state index contributed by atoms with van der Waals surface area (Å²) in [5, 5.41) is 12.6. The van der Waals surface area contributed by atoms with E-state index in [9.17, 15) is 14.7 Å². The van der Waals surface area contributed by atoms with E-state index < -0.39 is 154 Å². The van der Waals surface area contributed by atoms with Crippen molar-refractivity contribution in [3.63, 3.8) is 0 Å². The van der Waals surface area contributed by atoms with Crippen LogP contribution in [0.2, 0.25) is 0 Å². The van der Waals surface area contributed by atoms with Gasteiger partial charge in [0.2, 0.25) is 0 Å². The monoisotopic (exact) mass is 1820 g/mol. The molecule has 4 fully saturated rings. The van der Waals surface area contributed by atoms with E-state index in [-0.39, 0.29) is 90.4 Å². The Morgan fingerprint density at radius 1 is 0.224 bits per heavy atom. The molecule has 0 aliphatic carbocycles. The zero-order chi connectivity index (χ0) is 91.7. The first-order chi connectivity index (χ1) is 66.0. The summed E-state index contributed by atoms with van der Waals surface area (Å²) in [6.07, 6.45) is -26.9.